The highest BCUT2D eigenvalue weighted by molar-refractivity contribution is 8.03. The van der Waals surface area contributed by atoms with Crippen LogP contribution in [0.5, 0.6) is 0 Å². The van der Waals surface area contributed by atoms with Crippen molar-refractivity contribution in [2.45, 2.75) is 99.4 Å². The molecule has 350 valence electrons. The topological polar surface area (TPSA) is 139 Å². The maximum absolute atomic E-state index is 14.1. The third kappa shape index (κ3) is 14.5. The Hall–Kier alpha value is -3.49. The summed E-state index contributed by atoms with van der Waals surface area (Å²) in [6, 6.07) is 8.01. The third-order valence-electron chi connectivity index (χ3n) is 11.7. The maximum Gasteiger partial charge on any atom is 0.501 e. The number of nitrogens with one attached hydrogen (secondary N) is 2. The Morgan fingerprint density at radius 1 is 0.968 bits per heavy atom. The Labute approximate surface area is 373 Å². The normalized spacial score (nSPS) is 18.2. The summed E-state index contributed by atoms with van der Waals surface area (Å²) in [7, 11) is -9.17. The first-order chi connectivity index (χ1) is 29.7. The number of hydrogen-bond acceptors (Lipinski definition) is 11. The number of likely N-dealkylation sites (N-methyl/N-ethyl adjacent to an activating group) is 1. The fourth-order valence-electron chi connectivity index (χ4n) is 8.00. The van der Waals surface area contributed by atoms with E-state index in [2.05, 4.69) is 29.0 Å². The molecule has 0 aromatic heterocycles. The van der Waals surface area contributed by atoms with E-state index in [0.29, 0.717) is 57.3 Å². The first kappa shape index (κ1) is 50.5. The molecule has 0 saturated carbocycles. The van der Waals surface area contributed by atoms with Gasteiger partial charge in [0.25, 0.3) is 25.8 Å². The summed E-state index contributed by atoms with van der Waals surface area (Å²) in [5, 5.41) is 12.3. The van der Waals surface area contributed by atoms with Gasteiger partial charge in [0.15, 0.2) is 0 Å². The summed E-state index contributed by atoms with van der Waals surface area (Å²) in [6.07, 6.45) is 9.52. The second-order valence-corrected chi connectivity index (χ2v) is 22.0. The van der Waals surface area contributed by atoms with Crippen molar-refractivity contribution in [2.75, 3.05) is 75.4 Å². The Balaban J connectivity index is 1.26. The number of piperazine rings is 1. The molecule has 1 saturated heterocycles. The van der Waals surface area contributed by atoms with Gasteiger partial charge in [-0.25, -0.2) is 30.3 Å². The number of alkyl halides is 5. The number of rotatable bonds is 21. The molecule has 0 radical (unpaired) electrons. The average Bonchev–Trinajstić information content (AvgIpc) is 3.22. The highest BCUT2D eigenvalue weighted by atomic mass is 32.2. The number of nitrogens with zero attached hydrogens (tertiary/aromatic N) is 3. The monoisotopic (exact) mass is 945 g/mol. The number of aliphatic hydroxyl groups is 1. The molecule has 2 aliphatic carbocycles. The summed E-state index contributed by atoms with van der Waals surface area (Å²) in [4.78, 5) is 18.5. The number of sulfonamides is 1. The Morgan fingerprint density at radius 3 is 2.32 bits per heavy atom. The quantitative estimate of drug-likeness (QED) is 0.0825. The largest absolute Gasteiger partial charge is 0.501 e. The van der Waals surface area contributed by atoms with Crippen molar-refractivity contribution in [3.63, 3.8) is 0 Å². The van der Waals surface area contributed by atoms with Crippen LogP contribution in [0.4, 0.5) is 33.3 Å². The summed E-state index contributed by atoms with van der Waals surface area (Å²) < 4.78 is 123. The summed E-state index contributed by atoms with van der Waals surface area (Å²) in [6.45, 7) is 8.79. The van der Waals surface area contributed by atoms with Gasteiger partial charge in [-0.05, 0) is 118 Å². The molecular formula is C44H60F5N5O6S3. The second kappa shape index (κ2) is 22.1. The number of aliphatic hydroxyl groups excluding tert-OH is 1. The molecule has 1 atom stereocenters. The van der Waals surface area contributed by atoms with Gasteiger partial charge in [-0.1, -0.05) is 43.2 Å². The molecule has 1 heterocycles. The Kier molecular flexibility index (Phi) is 17.7. The lowest BCUT2D eigenvalue weighted by Gasteiger charge is -2.39. The number of hydrogen-bond donors (Lipinski definition) is 3. The molecule has 63 heavy (non-hydrogen) atoms. The van der Waals surface area contributed by atoms with Crippen LogP contribution in [0, 0.1) is 5.41 Å². The van der Waals surface area contributed by atoms with Gasteiger partial charge in [-0.15, -0.1) is 11.8 Å². The number of allylic oxidation sites excluding steroid dienone is 5. The average molecular weight is 946 g/mol. The van der Waals surface area contributed by atoms with Gasteiger partial charge in [-0.2, -0.15) is 13.2 Å². The van der Waals surface area contributed by atoms with E-state index in [9.17, 15) is 48.7 Å². The van der Waals surface area contributed by atoms with Gasteiger partial charge in [-0.3, -0.25) is 9.69 Å². The molecule has 3 N–H and O–H groups in total. The molecule has 19 heteroatoms. The van der Waals surface area contributed by atoms with Crippen LogP contribution in [0.2, 0.25) is 0 Å². The molecular weight excluding hydrogens is 886 g/mol. The number of anilines is 2. The zero-order valence-corrected chi connectivity index (χ0v) is 38.6. The van der Waals surface area contributed by atoms with Gasteiger partial charge < -0.3 is 20.2 Å². The second-order valence-electron chi connectivity index (χ2n) is 17.3. The van der Waals surface area contributed by atoms with Crippen molar-refractivity contribution in [1.29, 1.82) is 0 Å². The predicted molar refractivity (Wildman–Crippen MR) is 239 cm³/mol. The molecule has 11 nitrogen and oxygen atoms in total. The molecule has 2 aromatic rings. The van der Waals surface area contributed by atoms with E-state index >= 15 is 0 Å². The first-order valence-electron chi connectivity index (χ1n) is 21.3. The van der Waals surface area contributed by atoms with Crippen LogP contribution in [-0.2, 0) is 19.9 Å². The van der Waals surface area contributed by atoms with Gasteiger partial charge in [0.2, 0.25) is 6.43 Å². The minimum Gasteiger partial charge on any atom is -0.395 e. The molecule has 1 amide bonds. The fraction of sp³-hybridized carbons (Fsp3) is 0.568. The van der Waals surface area contributed by atoms with Gasteiger partial charge in [0, 0.05) is 68.7 Å². The van der Waals surface area contributed by atoms with Crippen molar-refractivity contribution in [2.24, 2.45) is 5.41 Å². The fourth-order valence-corrected chi connectivity index (χ4v) is 11.1. The summed E-state index contributed by atoms with van der Waals surface area (Å²) in [5.74, 6) is -0.700. The lowest BCUT2D eigenvalue weighted by atomic mass is 9.73. The number of carbonyl (C=O) groups is 1. The molecule has 5 rings (SSSR count). The summed E-state index contributed by atoms with van der Waals surface area (Å²) >= 11 is 1.48. The highest BCUT2D eigenvalue weighted by Crippen LogP contribution is 2.41. The smallest absolute Gasteiger partial charge is 0.395 e. The van der Waals surface area contributed by atoms with Gasteiger partial charge in [0.05, 0.1) is 17.2 Å². The van der Waals surface area contributed by atoms with E-state index in [-0.39, 0.29) is 24.0 Å². The van der Waals surface area contributed by atoms with Crippen LogP contribution in [0.1, 0.15) is 82.0 Å². The van der Waals surface area contributed by atoms with Crippen molar-refractivity contribution in [1.82, 2.24) is 14.5 Å². The van der Waals surface area contributed by atoms with Crippen molar-refractivity contribution >= 4 is 48.9 Å². The van der Waals surface area contributed by atoms with E-state index in [4.69, 9.17) is 0 Å². The van der Waals surface area contributed by atoms with Crippen LogP contribution in [0.3, 0.4) is 0 Å². The lowest BCUT2D eigenvalue weighted by Crippen LogP contribution is -2.47. The van der Waals surface area contributed by atoms with Gasteiger partial charge in [0.1, 0.15) is 4.90 Å². The number of halogens is 5. The van der Waals surface area contributed by atoms with E-state index in [1.54, 1.807) is 19.2 Å². The molecule has 0 unspecified atom stereocenters. The Morgan fingerprint density at radius 2 is 1.68 bits per heavy atom. The maximum atomic E-state index is 14.1. The number of amides is 1. The SMILES string of the molecule is CN(CCO)CC[C@H](CSC1=CC=CCC1)Nc1ccc(S(=O)(=O)NC(=O)c2ccc(N3CCN(CC4=C(CCCC(F)F)CC(C)(C)CC4)CC3)cc2)cc1S(=O)(=O)C(F)(F)F. The number of thioether (sulfide) groups is 1. The minimum absolute atomic E-state index is 0.0380. The van der Waals surface area contributed by atoms with E-state index in [1.807, 2.05) is 27.9 Å². The standard InChI is InChI=1S/C44H60F5N5O6S3/c1-43(2)20-18-34(33(29-43)8-7-11-41(45)46)30-53-22-24-54(25-23-53)36-14-12-32(13-15-36)42(56)51-63(59,60)38-16-17-39(40(28-38)62(57,58)44(47,48)49)50-35(19-21-52(3)26-27-55)31-61-37-9-5-4-6-10-37/h4-5,9,12-17,28,35,41,50,55H,6-8,10-11,18-27,29-31H2,1-3H3,(H,51,56)/t35-/m1/s1. The van der Waals surface area contributed by atoms with E-state index in [0.717, 1.165) is 74.5 Å². The zero-order chi connectivity index (χ0) is 46.0. The summed E-state index contributed by atoms with van der Waals surface area (Å²) in [5.41, 5.74) is -2.63. The van der Waals surface area contributed by atoms with Crippen LogP contribution < -0.4 is 14.9 Å². The molecule has 0 bridgehead atoms. The van der Waals surface area contributed by atoms with Crippen LogP contribution >= 0.6 is 11.8 Å². The number of benzene rings is 2. The number of sulfone groups is 1. The Bertz CT molecular complexity index is 2190. The zero-order valence-electron chi connectivity index (χ0n) is 36.1. The highest BCUT2D eigenvalue weighted by Gasteiger charge is 2.48. The van der Waals surface area contributed by atoms with Crippen molar-refractivity contribution < 1.29 is 48.7 Å². The molecule has 3 aliphatic rings. The molecule has 1 fully saturated rings. The van der Waals surface area contributed by atoms with E-state index < -0.39 is 59.2 Å². The van der Waals surface area contributed by atoms with E-state index in [1.165, 1.54) is 35.0 Å². The van der Waals surface area contributed by atoms with Crippen LogP contribution in [0.15, 0.2) is 86.5 Å². The van der Waals surface area contributed by atoms with Crippen molar-refractivity contribution in [3.05, 3.63) is 82.3 Å². The molecule has 0 spiro atoms. The van der Waals surface area contributed by atoms with Crippen molar-refractivity contribution in [3.8, 4) is 0 Å². The predicted octanol–water partition coefficient (Wildman–Crippen LogP) is 8.22. The first-order valence-corrected chi connectivity index (χ1v) is 25.2. The molecule has 2 aromatic carbocycles. The molecule has 1 aliphatic heterocycles. The minimum atomic E-state index is -6.07. The number of carbonyl (C=O) groups excluding carboxylic acids is 1. The lowest BCUT2D eigenvalue weighted by molar-refractivity contribution is -0.0435. The van der Waals surface area contributed by atoms with Gasteiger partial charge >= 0.3 is 5.51 Å². The van der Waals surface area contributed by atoms with Crippen LogP contribution in [-0.4, -0.2) is 121 Å². The van der Waals surface area contributed by atoms with Crippen LogP contribution in [0.25, 0.3) is 0 Å². The third-order valence-corrected chi connectivity index (χ3v) is 15.8.